The molecule has 1 unspecified atom stereocenters. The number of fused-ring (bicyclic) bond motifs is 1. The van der Waals surface area contributed by atoms with E-state index in [0.717, 1.165) is 36.1 Å². The topological polar surface area (TPSA) is 100 Å². The van der Waals surface area contributed by atoms with Gasteiger partial charge >= 0.3 is 0 Å². The number of nitrogens with zero attached hydrogens (tertiary/aromatic N) is 5. The Bertz CT molecular complexity index is 1110. The van der Waals surface area contributed by atoms with Crippen molar-refractivity contribution in [3.63, 3.8) is 0 Å². The van der Waals surface area contributed by atoms with Crippen LogP contribution in [0.1, 0.15) is 79.7 Å². The molecule has 2 aromatic rings. The smallest absolute Gasteiger partial charge is 0.272 e. The molecule has 38 heavy (non-hydrogen) atoms. The summed E-state index contributed by atoms with van der Waals surface area (Å²) in [7, 11) is 1.89. The lowest BCUT2D eigenvalue weighted by Crippen LogP contribution is -2.45. The van der Waals surface area contributed by atoms with Gasteiger partial charge in [0.1, 0.15) is 0 Å². The fraction of sp³-hybridized carbons (Fsp3) is 0.621. The summed E-state index contributed by atoms with van der Waals surface area (Å²) >= 11 is 0. The average molecular weight is 523 g/mol. The largest absolute Gasteiger partial charge is 0.351 e. The molecule has 2 aromatic heterocycles. The SMILES string of the molecule is CC(C)CCN1C(=O)CCCN(C(=O)CCc2cccnc2)CCCNC(=O)c2nn(C)c3c2CC1CC3. The van der Waals surface area contributed by atoms with Gasteiger partial charge < -0.3 is 15.1 Å². The number of carbonyl (C=O) groups is 3. The molecular formula is C29H42N6O3. The first kappa shape index (κ1) is 27.8. The van der Waals surface area contributed by atoms with E-state index in [1.54, 1.807) is 12.4 Å². The van der Waals surface area contributed by atoms with Crippen LogP contribution in [0.3, 0.4) is 0 Å². The van der Waals surface area contributed by atoms with Crippen molar-refractivity contribution in [1.82, 2.24) is 29.9 Å². The van der Waals surface area contributed by atoms with E-state index in [2.05, 4.69) is 29.2 Å². The van der Waals surface area contributed by atoms with Crippen LogP contribution in [0.15, 0.2) is 24.5 Å². The third kappa shape index (κ3) is 6.99. The summed E-state index contributed by atoms with van der Waals surface area (Å²) in [6, 6.07) is 3.92. The molecule has 9 nitrogen and oxygen atoms in total. The number of rotatable bonds is 6. The van der Waals surface area contributed by atoms with E-state index in [9.17, 15) is 14.4 Å². The third-order valence-electron chi connectivity index (χ3n) is 7.76. The van der Waals surface area contributed by atoms with Crippen LogP contribution in [-0.2, 0) is 35.9 Å². The van der Waals surface area contributed by atoms with E-state index < -0.39 is 0 Å². The normalized spacial score (nSPS) is 19.2. The van der Waals surface area contributed by atoms with Crippen molar-refractivity contribution in [1.29, 1.82) is 0 Å². The maximum absolute atomic E-state index is 13.5. The van der Waals surface area contributed by atoms with Crippen LogP contribution in [0.4, 0.5) is 0 Å². The first-order valence-corrected chi connectivity index (χ1v) is 14.1. The average Bonchev–Trinajstić information content (AvgIpc) is 3.24. The van der Waals surface area contributed by atoms with Gasteiger partial charge in [-0.1, -0.05) is 19.9 Å². The Morgan fingerprint density at radius 3 is 2.76 bits per heavy atom. The van der Waals surface area contributed by atoms with Crippen LogP contribution >= 0.6 is 0 Å². The van der Waals surface area contributed by atoms with Crippen molar-refractivity contribution >= 4 is 17.7 Å². The number of hydrogen-bond donors (Lipinski definition) is 1. The number of pyridine rings is 1. The second kappa shape index (κ2) is 13.0. The van der Waals surface area contributed by atoms with Gasteiger partial charge in [0.15, 0.2) is 5.69 Å². The number of carbonyl (C=O) groups excluding carboxylic acids is 3. The van der Waals surface area contributed by atoms with Gasteiger partial charge in [-0.05, 0) is 62.5 Å². The van der Waals surface area contributed by atoms with Gasteiger partial charge in [-0.15, -0.1) is 0 Å². The van der Waals surface area contributed by atoms with Crippen molar-refractivity contribution in [2.75, 3.05) is 26.2 Å². The molecule has 206 valence electrons. The van der Waals surface area contributed by atoms with Crippen LogP contribution in [0.25, 0.3) is 0 Å². The monoisotopic (exact) mass is 522 g/mol. The molecule has 1 aliphatic carbocycles. The molecule has 1 atom stereocenters. The number of aryl methyl sites for hydroxylation is 2. The van der Waals surface area contributed by atoms with Crippen molar-refractivity contribution in [3.05, 3.63) is 47.0 Å². The summed E-state index contributed by atoms with van der Waals surface area (Å²) in [5.74, 6) is 0.533. The molecule has 2 aliphatic rings. The highest BCUT2D eigenvalue weighted by Gasteiger charge is 2.33. The standard InChI is InChI=1S/C29H42N6O3/c1-21(2)13-18-35-23-10-11-25-24(19-23)28(32-33(25)3)29(38)31-15-6-17-34(16-5-8-27(35)37)26(36)12-9-22-7-4-14-30-20-22/h4,7,14,20-21,23H,5-6,8-13,15-19H2,1-3H3,(H,31,38). The molecule has 0 saturated carbocycles. The highest BCUT2D eigenvalue weighted by Crippen LogP contribution is 2.28. The van der Waals surface area contributed by atoms with Gasteiger partial charge in [-0.25, -0.2) is 0 Å². The van der Waals surface area contributed by atoms with Crippen LogP contribution < -0.4 is 5.32 Å². The Morgan fingerprint density at radius 1 is 1.18 bits per heavy atom. The maximum Gasteiger partial charge on any atom is 0.272 e. The van der Waals surface area contributed by atoms with Gasteiger partial charge in [0.05, 0.1) is 0 Å². The number of hydrogen-bond acceptors (Lipinski definition) is 5. The van der Waals surface area contributed by atoms with E-state index in [1.165, 1.54) is 0 Å². The second-order valence-corrected chi connectivity index (χ2v) is 11.0. The summed E-state index contributed by atoms with van der Waals surface area (Å²) in [6.07, 6.45) is 9.54. The highest BCUT2D eigenvalue weighted by atomic mass is 16.2. The molecule has 0 spiro atoms. The van der Waals surface area contributed by atoms with Crippen molar-refractivity contribution < 1.29 is 14.4 Å². The van der Waals surface area contributed by atoms with Crippen LogP contribution in [0.2, 0.25) is 0 Å². The minimum absolute atomic E-state index is 0.0619. The van der Waals surface area contributed by atoms with Crippen molar-refractivity contribution in [2.24, 2.45) is 13.0 Å². The molecule has 0 radical (unpaired) electrons. The predicted octanol–water partition coefficient (Wildman–Crippen LogP) is 2.92. The molecule has 0 fully saturated rings. The Labute approximate surface area is 226 Å². The second-order valence-electron chi connectivity index (χ2n) is 11.0. The van der Waals surface area contributed by atoms with Gasteiger partial charge in [0.2, 0.25) is 11.8 Å². The molecule has 1 N–H and O–H groups in total. The lowest BCUT2D eigenvalue weighted by molar-refractivity contribution is -0.135. The van der Waals surface area contributed by atoms with Crippen LogP contribution in [-0.4, -0.2) is 74.5 Å². The zero-order chi connectivity index (χ0) is 27.1. The number of nitrogens with one attached hydrogen (secondary N) is 1. The van der Waals surface area contributed by atoms with Gasteiger partial charge in [0.25, 0.3) is 5.91 Å². The highest BCUT2D eigenvalue weighted by molar-refractivity contribution is 5.94. The molecule has 3 heterocycles. The van der Waals surface area contributed by atoms with E-state index in [-0.39, 0.29) is 23.8 Å². The molecule has 3 amide bonds. The molecule has 0 aromatic carbocycles. The minimum Gasteiger partial charge on any atom is -0.351 e. The van der Waals surface area contributed by atoms with Crippen LogP contribution in [0, 0.1) is 5.92 Å². The minimum atomic E-state index is -0.174. The Hall–Kier alpha value is -3.23. The molecule has 4 rings (SSSR count). The molecule has 0 saturated heterocycles. The summed E-state index contributed by atoms with van der Waals surface area (Å²) in [4.78, 5) is 47.8. The summed E-state index contributed by atoms with van der Waals surface area (Å²) in [5.41, 5.74) is 3.58. The quantitative estimate of drug-likeness (QED) is 0.629. The maximum atomic E-state index is 13.5. The van der Waals surface area contributed by atoms with Gasteiger partial charge in [-0.3, -0.25) is 24.0 Å². The summed E-state index contributed by atoms with van der Waals surface area (Å²) in [5, 5.41) is 7.59. The zero-order valence-electron chi connectivity index (χ0n) is 23.1. The molecular weight excluding hydrogens is 480 g/mol. The third-order valence-corrected chi connectivity index (χ3v) is 7.76. The lowest BCUT2D eigenvalue weighted by atomic mass is 9.89. The van der Waals surface area contributed by atoms with E-state index in [1.807, 2.05) is 33.7 Å². The zero-order valence-corrected chi connectivity index (χ0v) is 23.1. The Kier molecular flexibility index (Phi) is 9.53. The van der Waals surface area contributed by atoms with E-state index >= 15 is 0 Å². The van der Waals surface area contributed by atoms with Crippen molar-refractivity contribution in [3.8, 4) is 0 Å². The number of aromatic nitrogens is 3. The van der Waals surface area contributed by atoms with E-state index in [4.69, 9.17) is 0 Å². The summed E-state index contributed by atoms with van der Waals surface area (Å²) < 4.78 is 1.83. The number of amides is 3. The predicted molar refractivity (Wildman–Crippen MR) is 146 cm³/mol. The molecule has 1 aliphatic heterocycles. The van der Waals surface area contributed by atoms with Gasteiger partial charge in [0, 0.05) is 75.8 Å². The summed E-state index contributed by atoms with van der Waals surface area (Å²) in [6.45, 7) is 6.62. The molecule has 2 bridgehead atoms. The fourth-order valence-electron chi connectivity index (χ4n) is 5.56. The fourth-order valence-corrected chi connectivity index (χ4v) is 5.56. The first-order chi connectivity index (χ1) is 18.3. The molecule has 9 heteroatoms. The first-order valence-electron chi connectivity index (χ1n) is 14.1. The van der Waals surface area contributed by atoms with Crippen molar-refractivity contribution in [2.45, 2.75) is 77.7 Å². The van der Waals surface area contributed by atoms with E-state index in [0.29, 0.717) is 76.3 Å². The van der Waals surface area contributed by atoms with Gasteiger partial charge in [-0.2, -0.15) is 5.10 Å². The van der Waals surface area contributed by atoms with Crippen LogP contribution in [0.5, 0.6) is 0 Å². The Morgan fingerprint density at radius 2 is 2.00 bits per heavy atom. The lowest BCUT2D eigenvalue weighted by Gasteiger charge is -2.35. The Balaban J connectivity index is 1.51.